The fraction of sp³-hybridized carbons (Fsp3) is 0.400. The number of nitrogens with zero attached hydrogens (tertiary/aromatic N) is 3. The van der Waals surface area contributed by atoms with Crippen LogP contribution in [0.2, 0.25) is 0 Å². The summed E-state index contributed by atoms with van der Waals surface area (Å²) in [7, 11) is 1.73. The summed E-state index contributed by atoms with van der Waals surface area (Å²) in [5, 5.41) is 0. The first-order chi connectivity index (χ1) is 12.9. The highest BCUT2D eigenvalue weighted by molar-refractivity contribution is 5.98. The molecule has 0 N–H and O–H groups in total. The van der Waals surface area contributed by atoms with Gasteiger partial charge in [-0.1, -0.05) is 12.1 Å². The smallest absolute Gasteiger partial charge is 0.355 e. The van der Waals surface area contributed by atoms with Crippen molar-refractivity contribution < 1.29 is 18.0 Å². The lowest BCUT2D eigenvalue weighted by molar-refractivity contribution is -0.137. The van der Waals surface area contributed by atoms with E-state index in [1.165, 1.54) is 6.07 Å². The zero-order chi connectivity index (χ0) is 19.4. The van der Waals surface area contributed by atoms with E-state index in [2.05, 4.69) is 4.98 Å². The van der Waals surface area contributed by atoms with Crippen LogP contribution in [0.1, 0.15) is 40.7 Å². The molecule has 2 aromatic rings. The van der Waals surface area contributed by atoms with Crippen molar-refractivity contribution in [2.24, 2.45) is 0 Å². The summed E-state index contributed by atoms with van der Waals surface area (Å²) in [6, 6.07) is 8.65. The zero-order valence-electron chi connectivity index (χ0n) is 15.2. The number of carbonyl (C=O) groups is 1. The molecule has 3 rings (SSSR count). The number of rotatable bonds is 4. The molecule has 1 aromatic carbocycles. The van der Waals surface area contributed by atoms with Gasteiger partial charge in [0.25, 0.3) is 5.91 Å². The number of anilines is 1. The maximum absolute atomic E-state index is 12.9. The fourth-order valence-corrected chi connectivity index (χ4v) is 3.33. The molecule has 1 saturated heterocycles. The Morgan fingerprint density at radius 1 is 1.15 bits per heavy atom. The second-order valence-corrected chi connectivity index (χ2v) is 6.78. The average molecular weight is 377 g/mol. The molecule has 0 aliphatic carbocycles. The van der Waals surface area contributed by atoms with Crippen LogP contribution in [-0.4, -0.2) is 35.9 Å². The first-order valence-electron chi connectivity index (χ1n) is 8.98. The topological polar surface area (TPSA) is 36.4 Å². The molecule has 0 radical (unpaired) electrons. The quantitative estimate of drug-likeness (QED) is 0.794. The molecule has 1 aliphatic heterocycles. The van der Waals surface area contributed by atoms with E-state index >= 15 is 0 Å². The molecule has 1 aromatic heterocycles. The Morgan fingerprint density at radius 3 is 2.59 bits per heavy atom. The van der Waals surface area contributed by atoms with Gasteiger partial charge in [0.2, 0.25) is 0 Å². The molecule has 1 amide bonds. The van der Waals surface area contributed by atoms with E-state index in [0.717, 1.165) is 44.5 Å². The molecule has 0 atom stereocenters. The number of piperidine rings is 1. The van der Waals surface area contributed by atoms with Gasteiger partial charge in [-0.25, -0.2) is 4.98 Å². The summed E-state index contributed by atoms with van der Waals surface area (Å²) in [4.78, 5) is 20.7. The highest BCUT2D eigenvalue weighted by Crippen LogP contribution is 2.30. The molecule has 4 nitrogen and oxygen atoms in total. The van der Waals surface area contributed by atoms with Crippen LogP contribution in [0, 0.1) is 0 Å². The standard InChI is InChI=1S/C20H22F3N3O/c1-25(14-15-7-5-8-16(13-15)20(21,22)23)18-17(9-6-10-24-18)19(27)26-11-3-2-4-12-26/h5-10,13H,2-4,11-12,14H2,1H3. The summed E-state index contributed by atoms with van der Waals surface area (Å²) in [5.41, 5.74) is 0.308. The van der Waals surface area contributed by atoms with Crippen LogP contribution >= 0.6 is 0 Å². The number of hydrogen-bond acceptors (Lipinski definition) is 3. The average Bonchev–Trinajstić information content (AvgIpc) is 2.67. The summed E-state index contributed by atoms with van der Waals surface area (Å²) < 4.78 is 38.8. The fourth-order valence-electron chi connectivity index (χ4n) is 3.33. The second-order valence-electron chi connectivity index (χ2n) is 6.78. The molecule has 1 fully saturated rings. The molecular weight excluding hydrogens is 355 g/mol. The van der Waals surface area contributed by atoms with Crippen LogP contribution in [0.25, 0.3) is 0 Å². The number of likely N-dealkylation sites (tertiary alicyclic amines) is 1. The van der Waals surface area contributed by atoms with Gasteiger partial charge >= 0.3 is 6.18 Å². The van der Waals surface area contributed by atoms with Crippen molar-refractivity contribution >= 4 is 11.7 Å². The van der Waals surface area contributed by atoms with Gasteiger partial charge in [0, 0.05) is 32.9 Å². The van der Waals surface area contributed by atoms with E-state index in [1.54, 1.807) is 36.3 Å². The Morgan fingerprint density at radius 2 is 1.89 bits per heavy atom. The van der Waals surface area contributed by atoms with Crippen LogP contribution in [0.15, 0.2) is 42.6 Å². The molecule has 7 heteroatoms. The van der Waals surface area contributed by atoms with E-state index in [1.807, 2.05) is 4.90 Å². The Labute approximate surface area is 156 Å². The SMILES string of the molecule is CN(Cc1cccc(C(F)(F)F)c1)c1ncccc1C(=O)N1CCCCC1. The van der Waals surface area contributed by atoms with Crippen molar-refractivity contribution in [3.63, 3.8) is 0 Å². The van der Waals surface area contributed by atoms with Gasteiger partial charge in [-0.15, -0.1) is 0 Å². The lowest BCUT2D eigenvalue weighted by Crippen LogP contribution is -2.36. The van der Waals surface area contributed by atoms with Gasteiger partial charge in [-0.3, -0.25) is 4.79 Å². The minimum Gasteiger partial charge on any atom is -0.355 e. The predicted molar refractivity (Wildman–Crippen MR) is 97.5 cm³/mol. The number of amides is 1. The molecule has 0 saturated carbocycles. The first kappa shape index (κ1) is 19.2. The summed E-state index contributed by atoms with van der Waals surface area (Å²) in [6.07, 6.45) is 0.307. The van der Waals surface area contributed by atoms with Crippen molar-refractivity contribution in [1.82, 2.24) is 9.88 Å². The zero-order valence-corrected chi connectivity index (χ0v) is 15.2. The number of hydrogen-bond donors (Lipinski definition) is 0. The van der Waals surface area contributed by atoms with Gasteiger partial charge in [0.05, 0.1) is 11.1 Å². The van der Waals surface area contributed by atoms with Crippen molar-refractivity contribution in [1.29, 1.82) is 0 Å². The van der Waals surface area contributed by atoms with Gasteiger partial charge in [0.1, 0.15) is 5.82 Å². The van der Waals surface area contributed by atoms with Crippen molar-refractivity contribution in [3.8, 4) is 0 Å². The lowest BCUT2D eigenvalue weighted by atomic mass is 10.1. The molecule has 0 unspecified atom stereocenters. The summed E-state index contributed by atoms with van der Waals surface area (Å²) in [5.74, 6) is 0.402. The van der Waals surface area contributed by atoms with E-state index in [0.29, 0.717) is 16.9 Å². The van der Waals surface area contributed by atoms with E-state index in [-0.39, 0.29) is 12.5 Å². The molecule has 1 aliphatic rings. The third-order valence-corrected chi connectivity index (χ3v) is 4.70. The van der Waals surface area contributed by atoms with E-state index < -0.39 is 11.7 Å². The Kier molecular flexibility index (Phi) is 5.68. The molecule has 0 bridgehead atoms. The maximum Gasteiger partial charge on any atom is 0.416 e. The number of pyridine rings is 1. The van der Waals surface area contributed by atoms with Gasteiger partial charge in [-0.2, -0.15) is 13.2 Å². The van der Waals surface area contributed by atoms with Crippen molar-refractivity contribution in [2.45, 2.75) is 32.0 Å². The largest absolute Gasteiger partial charge is 0.416 e. The van der Waals surface area contributed by atoms with E-state index in [9.17, 15) is 18.0 Å². The van der Waals surface area contributed by atoms with Crippen molar-refractivity contribution in [3.05, 3.63) is 59.3 Å². The third kappa shape index (κ3) is 4.59. The number of halogens is 3. The highest BCUT2D eigenvalue weighted by Gasteiger charge is 2.30. The number of alkyl halides is 3. The normalized spacial score (nSPS) is 14.9. The van der Waals surface area contributed by atoms with Crippen molar-refractivity contribution in [2.75, 3.05) is 25.0 Å². The van der Waals surface area contributed by atoms with Crippen LogP contribution < -0.4 is 4.90 Å². The minimum absolute atomic E-state index is 0.0753. The maximum atomic E-state index is 12.9. The van der Waals surface area contributed by atoms with Crippen LogP contribution in [0.3, 0.4) is 0 Å². The molecule has 0 spiro atoms. The van der Waals surface area contributed by atoms with E-state index in [4.69, 9.17) is 0 Å². The number of benzene rings is 1. The predicted octanol–water partition coefficient (Wildman–Crippen LogP) is 4.36. The van der Waals surface area contributed by atoms with Crippen LogP contribution in [0.4, 0.5) is 19.0 Å². The first-order valence-corrected chi connectivity index (χ1v) is 8.98. The molecule has 144 valence electrons. The number of carbonyl (C=O) groups excluding carboxylic acids is 1. The highest BCUT2D eigenvalue weighted by atomic mass is 19.4. The minimum atomic E-state index is -4.38. The lowest BCUT2D eigenvalue weighted by Gasteiger charge is -2.28. The monoisotopic (exact) mass is 377 g/mol. The van der Waals surface area contributed by atoms with Gasteiger partial charge in [0.15, 0.2) is 0 Å². The third-order valence-electron chi connectivity index (χ3n) is 4.70. The van der Waals surface area contributed by atoms with Gasteiger partial charge < -0.3 is 9.80 Å². The Bertz CT molecular complexity index is 801. The second kappa shape index (κ2) is 7.98. The Balaban J connectivity index is 1.81. The van der Waals surface area contributed by atoms with Crippen LogP contribution in [-0.2, 0) is 12.7 Å². The molecular formula is C20H22F3N3O. The van der Waals surface area contributed by atoms with Gasteiger partial charge in [-0.05, 0) is 49.1 Å². The number of aromatic nitrogens is 1. The summed E-state index contributed by atoms with van der Waals surface area (Å²) >= 11 is 0. The summed E-state index contributed by atoms with van der Waals surface area (Å²) in [6.45, 7) is 1.68. The Hall–Kier alpha value is -2.57. The molecule has 2 heterocycles. The molecule has 27 heavy (non-hydrogen) atoms. The van der Waals surface area contributed by atoms with Crippen LogP contribution in [0.5, 0.6) is 0 Å².